The van der Waals surface area contributed by atoms with E-state index in [9.17, 15) is 0 Å². The fraction of sp³-hybridized carbons (Fsp3) is 0.400. The maximum absolute atomic E-state index is 3.67. The average molecular weight is 235 g/mol. The zero-order valence-electron chi connectivity index (χ0n) is 9.58. The van der Waals surface area contributed by atoms with E-state index < -0.39 is 0 Å². The number of aromatic nitrogens is 5. The maximum atomic E-state index is 3.67. The van der Waals surface area contributed by atoms with Gasteiger partial charge in [-0.3, -0.25) is 5.10 Å². The van der Waals surface area contributed by atoms with Gasteiger partial charge in [-0.15, -0.1) is 0 Å². The van der Waals surface area contributed by atoms with Crippen molar-refractivity contribution in [1.82, 2.24) is 35.8 Å². The van der Waals surface area contributed by atoms with Crippen LogP contribution in [0.15, 0.2) is 37.4 Å². The van der Waals surface area contributed by atoms with Crippen molar-refractivity contribution in [1.29, 1.82) is 0 Å². The van der Waals surface area contributed by atoms with Gasteiger partial charge in [-0.05, 0) is 6.07 Å². The molecule has 17 heavy (non-hydrogen) atoms. The van der Waals surface area contributed by atoms with Gasteiger partial charge in [-0.2, -0.15) is 5.10 Å². The minimum absolute atomic E-state index is 1.14. The number of aromatic amines is 1. The van der Waals surface area contributed by atoms with E-state index in [0.717, 1.165) is 26.2 Å². The third kappa shape index (κ3) is 9.09. The summed E-state index contributed by atoms with van der Waals surface area (Å²) in [5, 5.41) is 12.4. The third-order valence-corrected chi connectivity index (χ3v) is 1.77. The fourth-order valence-electron chi connectivity index (χ4n) is 1.02. The summed E-state index contributed by atoms with van der Waals surface area (Å²) in [6, 6.07) is 1.78. The number of nitrogens with zero attached hydrogens (tertiary/aromatic N) is 4. The molecule has 1 aliphatic rings. The first-order valence-electron chi connectivity index (χ1n) is 5.40. The molecule has 0 aliphatic carbocycles. The second kappa shape index (κ2) is 10.7. The summed E-state index contributed by atoms with van der Waals surface area (Å²) in [7, 11) is 0. The standard InChI is InChI=1S/C4H10N2.C4H4N2.C2H3N3/c1-2-6-4-3-5-1;1-2-5-4-6-3-1;1-3-2-5-4-1/h5-6H,1-4H2;1-4H;1-2H,(H,3,4,5). The van der Waals surface area contributed by atoms with E-state index in [1.165, 1.54) is 19.0 Å². The van der Waals surface area contributed by atoms with Gasteiger partial charge in [0.05, 0.1) is 0 Å². The van der Waals surface area contributed by atoms with Crippen LogP contribution in [0.4, 0.5) is 0 Å². The Morgan fingerprint density at radius 3 is 1.59 bits per heavy atom. The van der Waals surface area contributed by atoms with Crippen LogP contribution in [-0.2, 0) is 0 Å². The van der Waals surface area contributed by atoms with Gasteiger partial charge >= 0.3 is 0 Å². The van der Waals surface area contributed by atoms with Gasteiger partial charge in [0.25, 0.3) is 0 Å². The molecule has 0 aromatic carbocycles. The van der Waals surface area contributed by atoms with Gasteiger partial charge in [-0.25, -0.2) is 15.0 Å². The highest BCUT2D eigenvalue weighted by Crippen LogP contribution is 1.66. The molecule has 0 amide bonds. The molecule has 0 saturated carbocycles. The Labute approximate surface area is 100 Å². The van der Waals surface area contributed by atoms with Gasteiger partial charge in [0.15, 0.2) is 0 Å². The highest BCUT2D eigenvalue weighted by Gasteiger charge is 1.91. The van der Waals surface area contributed by atoms with Gasteiger partial charge in [0.1, 0.15) is 19.0 Å². The Hall–Kier alpha value is -1.86. The topological polar surface area (TPSA) is 91.4 Å². The molecule has 2 aromatic heterocycles. The molecule has 1 aliphatic heterocycles. The van der Waals surface area contributed by atoms with Crippen LogP contribution in [0.3, 0.4) is 0 Å². The predicted molar refractivity (Wildman–Crippen MR) is 64.2 cm³/mol. The lowest BCUT2D eigenvalue weighted by molar-refractivity contribution is 0.534. The zero-order chi connectivity index (χ0) is 12.0. The molecule has 3 N–H and O–H groups in total. The minimum atomic E-state index is 1.14. The average Bonchev–Trinajstić information content (AvgIpc) is 3.03. The molecule has 92 valence electrons. The quantitative estimate of drug-likeness (QED) is 0.568. The van der Waals surface area contributed by atoms with E-state index in [2.05, 4.69) is 35.8 Å². The number of rotatable bonds is 0. The summed E-state index contributed by atoms with van der Waals surface area (Å²) >= 11 is 0. The highest BCUT2D eigenvalue weighted by molar-refractivity contribution is 4.74. The Morgan fingerprint density at radius 2 is 1.41 bits per heavy atom. The van der Waals surface area contributed by atoms with Crippen molar-refractivity contribution in [3.8, 4) is 0 Å². The number of hydrogen-bond donors (Lipinski definition) is 3. The van der Waals surface area contributed by atoms with E-state index in [0.29, 0.717) is 0 Å². The van der Waals surface area contributed by atoms with Crippen LogP contribution in [0.2, 0.25) is 0 Å². The van der Waals surface area contributed by atoms with Crippen molar-refractivity contribution in [3.63, 3.8) is 0 Å². The summed E-state index contributed by atoms with van der Waals surface area (Å²) in [6.07, 6.45) is 7.83. The normalized spacial score (nSPS) is 13.6. The van der Waals surface area contributed by atoms with Crippen LogP contribution in [0.1, 0.15) is 0 Å². The van der Waals surface area contributed by atoms with Gasteiger partial charge in [0, 0.05) is 38.6 Å². The molecular formula is C10H17N7. The third-order valence-electron chi connectivity index (χ3n) is 1.77. The monoisotopic (exact) mass is 235 g/mol. The Bertz CT molecular complexity index is 264. The SMILES string of the molecule is C1CNCCN1.c1cncnc1.c1nc[nH]n1. The van der Waals surface area contributed by atoms with Crippen LogP contribution < -0.4 is 10.6 Å². The van der Waals surface area contributed by atoms with E-state index in [-0.39, 0.29) is 0 Å². The summed E-state index contributed by atoms with van der Waals surface area (Å²) < 4.78 is 0. The summed E-state index contributed by atoms with van der Waals surface area (Å²) in [5.74, 6) is 0. The lowest BCUT2D eigenvalue weighted by Crippen LogP contribution is -2.39. The maximum Gasteiger partial charge on any atom is 0.137 e. The molecule has 1 fully saturated rings. The fourth-order valence-corrected chi connectivity index (χ4v) is 1.02. The molecule has 0 atom stereocenters. The summed E-state index contributed by atoms with van der Waals surface area (Å²) in [4.78, 5) is 10.9. The highest BCUT2D eigenvalue weighted by atomic mass is 15.2. The Morgan fingerprint density at radius 1 is 0.765 bits per heavy atom. The van der Waals surface area contributed by atoms with Crippen molar-refractivity contribution < 1.29 is 0 Å². The molecule has 0 unspecified atom stereocenters. The molecular weight excluding hydrogens is 218 g/mol. The lowest BCUT2D eigenvalue weighted by Gasteiger charge is -2.11. The van der Waals surface area contributed by atoms with Crippen LogP contribution >= 0.6 is 0 Å². The van der Waals surface area contributed by atoms with Crippen LogP contribution in [0.25, 0.3) is 0 Å². The first-order valence-corrected chi connectivity index (χ1v) is 5.40. The molecule has 7 heteroatoms. The van der Waals surface area contributed by atoms with Crippen LogP contribution in [0, 0.1) is 0 Å². The molecule has 2 aromatic rings. The Balaban J connectivity index is 0.000000128. The summed E-state index contributed by atoms with van der Waals surface area (Å²) in [6.45, 7) is 4.56. The van der Waals surface area contributed by atoms with E-state index >= 15 is 0 Å². The van der Waals surface area contributed by atoms with E-state index in [1.54, 1.807) is 18.5 Å². The first kappa shape index (κ1) is 13.2. The van der Waals surface area contributed by atoms with Gasteiger partial charge < -0.3 is 10.6 Å². The van der Waals surface area contributed by atoms with E-state index in [1.807, 2.05) is 0 Å². The second-order valence-electron chi connectivity index (χ2n) is 3.06. The van der Waals surface area contributed by atoms with Crippen molar-refractivity contribution in [2.45, 2.75) is 0 Å². The predicted octanol–water partition coefficient (Wildman–Crippen LogP) is -0.539. The van der Waals surface area contributed by atoms with Crippen molar-refractivity contribution >= 4 is 0 Å². The molecule has 1 saturated heterocycles. The Kier molecular flexibility index (Phi) is 8.27. The number of piperazine rings is 1. The van der Waals surface area contributed by atoms with Gasteiger partial charge in [0.2, 0.25) is 0 Å². The molecule has 0 bridgehead atoms. The minimum Gasteiger partial charge on any atom is -0.314 e. The largest absolute Gasteiger partial charge is 0.314 e. The van der Waals surface area contributed by atoms with E-state index in [4.69, 9.17) is 0 Å². The number of hydrogen-bond acceptors (Lipinski definition) is 6. The van der Waals surface area contributed by atoms with Crippen molar-refractivity contribution in [3.05, 3.63) is 37.4 Å². The second-order valence-corrected chi connectivity index (χ2v) is 3.06. The first-order chi connectivity index (χ1) is 8.50. The lowest BCUT2D eigenvalue weighted by atomic mass is 10.4. The molecule has 0 radical (unpaired) electrons. The molecule has 7 nitrogen and oxygen atoms in total. The number of H-pyrrole nitrogens is 1. The van der Waals surface area contributed by atoms with Crippen molar-refractivity contribution in [2.75, 3.05) is 26.2 Å². The number of nitrogens with one attached hydrogen (secondary N) is 3. The molecule has 3 heterocycles. The molecule has 3 rings (SSSR count). The smallest absolute Gasteiger partial charge is 0.137 e. The van der Waals surface area contributed by atoms with Crippen LogP contribution in [-0.4, -0.2) is 51.3 Å². The van der Waals surface area contributed by atoms with Crippen molar-refractivity contribution in [2.24, 2.45) is 0 Å². The van der Waals surface area contributed by atoms with Crippen LogP contribution in [0.5, 0.6) is 0 Å². The molecule has 0 spiro atoms. The zero-order valence-corrected chi connectivity index (χ0v) is 9.58. The van der Waals surface area contributed by atoms with Gasteiger partial charge in [-0.1, -0.05) is 0 Å². The summed E-state index contributed by atoms with van der Waals surface area (Å²) in [5.41, 5.74) is 0.